The fraction of sp³-hybridized carbons (Fsp3) is 0.929. The van der Waals surface area contributed by atoms with Gasteiger partial charge in [0, 0.05) is 12.0 Å². The summed E-state index contributed by atoms with van der Waals surface area (Å²) in [6.07, 6.45) is 3.32. The maximum atomic E-state index is 12.7. The van der Waals surface area contributed by atoms with Crippen LogP contribution in [0.15, 0.2) is 0 Å². The molecule has 1 aliphatic heterocycles. The van der Waals surface area contributed by atoms with Crippen molar-refractivity contribution in [3.63, 3.8) is 0 Å². The van der Waals surface area contributed by atoms with Crippen molar-refractivity contribution in [1.29, 1.82) is 0 Å². The number of Topliss-reactive ketones (excluding diaryl/α,β-unsaturated/α-hetero) is 1. The number of carbonyl (C=O) groups is 1. The second-order valence-electron chi connectivity index (χ2n) is 6.52. The van der Waals surface area contributed by atoms with Crippen molar-refractivity contribution in [2.24, 2.45) is 28.9 Å². The molecule has 0 bridgehead atoms. The predicted octanol–water partition coefficient (Wildman–Crippen LogP) is 1.99. The molecule has 2 N–H and O–H groups in total. The summed E-state index contributed by atoms with van der Waals surface area (Å²) >= 11 is 0. The zero-order valence-corrected chi connectivity index (χ0v) is 11.2. The van der Waals surface area contributed by atoms with Crippen LogP contribution in [0, 0.1) is 23.2 Å². The fourth-order valence-corrected chi connectivity index (χ4v) is 3.57. The van der Waals surface area contributed by atoms with Gasteiger partial charge < -0.3 is 10.5 Å². The van der Waals surface area contributed by atoms with E-state index in [-0.39, 0.29) is 12.0 Å². The fourth-order valence-electron chi connectivity index (χ4n) is 3.57. The minimum Gasteiger partial charge on any atom is -0.379 e. The lowest BCUT2D eigenvalue weighted by atomic mass is 9.68. The van der Waals surface area contributed by atoms with E-state index in [1.165, 1.54) is 6.42 Å². The first-order chi connectivity index (χ1) is 7.93. The highest BCUT2D eigenvalue weighted by Crippen LogP contribution is 2.39. The summed E-state index contributed by atoms with van der Waals surface area (Å²) < 4.78 is 5.39. The van der Waals surface area contributed by atoms with Crippen LogP contribution in [0.25, 0.3) is 0 Å². The second kappa shape index (κ2) is 4.69. The maximum absolute atomic E-state index is 12.7. The van der Waals surface area contributed by atoms with Crippen molar-refractivity contribution >= 4 is 5.78 Å². The van der Waals surface area contributed by atoms with Crippen molar-refractivity contribution in [2.75, 3.05) is 13.2 Å². The van der Waals surface area contributed by atoms with Gasteiger partial charge in [0.25, 0.3) is 0 Å². The van der Waals surface area contributed by atoms with Crippen LogP contribution >= 0.6 is 0 Å². The molecule has 2 aliphatic rings. The number of hydrogen-bond donors (Lipinski definition) is 1. The highest BCUT2D eigenvalue weighted by Gasteiger charge is 2.47. The molecule has 4 atom stereocenters. The first-order valence-corrected chi connectivity index (χ1v) is 6.81. The summed E-state index contributed by atoms with van der Waals surface area (Å²) in [5, 5.41) is 0. The molecule has 1 saturated heterocycles. The van der Waals surface area contributed by atoms with Crippen LogP contribution in [-0.4, -0.2) is 25.0 Å². The standard InChI is InChI=1S/C14H25NO2/c1-9-4-10(2)6-11(5-9)13(16)14(3)8-17-7-12(14)15/h9-12H,4-8,15H2,1-3H3. The smallest absolute Gasteiger partial charge is 0.145 e. The zero-order chi connectivity index (χ0) is 12.6. The average Bonchev–Trinajstić information content (AvgIpc) is 2.58. The Morgan fingerprint density at radius 3 is 2.29 bits per heavy atom. The number of ether oxygens (including phenoxy) is 1. The molecule has 4 unspecified atom stereocenters. The molecule has 0 amide bonds. The van der Waals surface area contributed by atoms with E-state index in [0.717, 1.165) is 12.8 Å². The van der Waals surface area contributed by atoms with E-state index in [9.17, 15) is 4.79 Å². The Morgan fingerprint density at radius 1 is 1.24 bits per heavy atom. The van der Waals surface area contributed by atoms with Crippen molar-refractivity contribution < 1.29 is 9.53 Å². The molecule has 0 radical (unpaired) electrons. The van der Waals surface area contributed by atoms with E-state index in [1.807, 2.05) is 6.92 Å². The lowest BCUT2D eigenvalue weighted by Crippen LogP contribution is -2.48. The topological polar surface area (TPSA) is 52.3 Å². The molecule has 0 aromatic heterocycles. The summed E-state index contributed by atoms with van der Waals surface area (Å²) in [4.78, 5) is 12.7. The van der Waals surface area contributed by atoms with Crippen LogP contribution in [0.5, 0.6) is 0 Å². The summed E-state index contributed by atoms with van der Waals surface area (Å²) in [5.41, 5.74) is 5.60. The van der Waals surface area contributed by atoms with Gasteiger partial charge in [0.1, 0.15) is 5.78 Å². The molecule has 2 fully saturated rings. The molecule has 0 spiro atoms. The lowest BCUT2D eigenvalue weighted by molar-refractivity contribution is -0.134. The van der Waals surface area contributed by atoms with Crippen LogP contribution in [0.4, 0.5) is 0 Å². The Hall–Kier alpha value is -0.410. The first kappa shape index (κ1) is 13.0. The normalized spacial score (nSPS) is 47.1. The van der Waals surface area contributed by atoms with Crippen LogP contribution < -0.4 is 5.73 Å². The molecule has 98 valence electrons. The van der Waals surface area contributed by atoms with Crippen LogP contribution in [0.1, 0.15) is 40.0 Å². The van der Waals surface area contributed by atoms with E-state index in [4.69, 9.17) is 10.5 Å². The molecule has 3 heteroatoms. The van der Waals surface area contributed by atoms with Crippen LogP contribution in [0.2, 0.25) is 0 Å². The van der Waals surface area contributed by atoms with E-state index >= 15 is 0 Å². The van der Waals surface area contributed by atoms with Crippen molar-refractivity contribution in [3.05, 3.63) is 0 Å². The van der Waals surface area contributed by atoms with E-state index < -0.39 is 5.41 Å². The van der Waals surface area contributed by atoms with Gasteiger partial charge in [-0.2, -0.15) is 0 Å². The summed E-state index contributed by atoms with van der Waals surface area (Å²) in [6, 6.07) is -0.123. The minimum atomic E-state index is -0.443. The molecule has 17 heavy (non-hydrogen) atoms. The number of ketones is 1. The third-order valence-corrected chi connectivity index (χ3v) is 4.63. The summed E-state index contributed by atoms with van der Waals surface area (Å²) in [5.74, 6) is 1.87. The Balaban J connectivity index is 2.09. The van der Waals surface area contributed by atoms with Crippen molar-refractivity contribution in [2.45, 2.75) is 46.1 Å². The Labute approximate surface area is 104 Å². The van der Waals surface area contributed by atoms with E-state index in [1.54, 1.807) is 0 Å². The summed E-state index contributed by atoms with van der Waals surface area (Å²) in [6.45, 7) is 7.52. The SMILES string of the molecule is CC1CC(C)CC(C(=O)C2(C)COCC2N)C1. The third-order valence-electron chi connectivity index (χ3n) is 4.63. The van der Waals surface area contributed by atoms with Gasteiger partial charge in [0.05, 0.1) is 18.6 Å². The van der Waals surface area contributed by atoms with Gasteiger partial charge in [0.2, 0.25) is 0 Å². The second-order valence-corrected chi connectivity index (χ2v) is 6.52. The molecule has 1 saturated carbocycles. The van der Waals surface area contributed by atoms with Gasteiger partial charge >= 0.3 is 0 Å². The minimum absolute atomic E-state index is 0.123. The maximum Gasteiger partial charge on any atom is 0.145 e. The lowest BCUT2D eigenvalue weighted by Gasteiger charge is -2.36. The molecule has 2 rings (SSSR count). The molecule has 0 aromatic carbocycles. The first-order valence-electron chi connectivity index (χ1n) is 6.81. The number of carbonyl (C=O) groups excluding carboxylic acids is 1. The predicted molar refractivity (Wildman–Crippen MR) is 67.6 cm³/mol. The van der Waals surface area contributed by atoms with Gasteiger partial charge in [-0.3, -0.25) is 4.79 Å². The van der Waals surface area contributed by atoms with Gasteiger partial charge in [-0.25, -0.2) is 0 Å². The largest absolute Gasteiger partial charge is 0.379 e. The monoisotopic (exact) mass is 239 g/mol. The van der Waals surface area contributed by atoms with Gasteiger partial charge in [0.15, 0.2) is 0 Å². The molecule has 1 heterocycles. The zero-order valence-electron chi connectivity index (χ0n) is 11.2. The highest BCUT2D eigenvalue weighted by molar-refractivity contribution is 5.88. The van der Waals surface area contributed by atoms with E-state index in [0.29, 0.717) is 30.8 Å². The van der Waals surface area contributed by atoms with Gasteiger partial charge in [-0.15, -0.1) is 0 Å². The molecular weight excluding hydrogens is 214 g/mol. The van der Waals surface area contributed by atoms with Gasteiger partial charge in [-0.05, 0) is 38.0 Å². The number of nitrogens with two attached hydrogens (primary N) is 1. The van der Waals surface area contributed by atoms with Crippen molar-refractivity contribution in [3.8, 4) is 0 Å². The molecule has 0 aromatic rings. The van der Waals surface area contributed by atoms with Crippen LogP contribution in [-0.2, 0) is 9.53 Å². The Bertz CT molecular complexity index is 295. The molecule has 3 nitrogen and oxygen atoms in total. The molecular formula is C14H25NO2. The average molecular weight is 239 g/mol. The Morgan fingerprint density at radius 2 is 1.82 bits per heavy atom. The van der Waals surface area contributed by atoms with Gasteiger partial charge in [-0.1, -0.05) is 13.8 Å². The van der Waals surface area contributed by atoms with Crippen LogP contribution in [0.3, 0.4) is 0 Å². The Kier molecular flexibility index (Phi) is 3.60. The quantitative estimate of drug-likeness (QED) is 0.801. The molecule has 1 aliphatic carbocycles. The highest BCUT2D eigenvalue weighted by atomic mass is 16.5. The number of hydrogen-bond acceptors (Lipinski definition) is 3. The van der Waals surface area contributed by atoms with Crippen molar-refractivity contribution in [1.82, 2.24) is 0 Å². The third kappa shape index (κ3) is 2.41. The van der Waals surface area contributed by atoms with E-state index in [2.05, 4.69) is 13.8 Å². The summed E-state index contributed by atoms with van der Waals surface area (Å²) in [7, 11) is 0. The number of rotatable bonds is 2.